The fourth-order valence-corrected chi connectivity index (χ4v) is 1.52. The summed E-state index contributed by atoms with van der Waals surface area (Å²) in [7, 11) is 0. The Morgan fingerprint density at radius 3 is 2.71 bits per heavy atom. The lowest BCUT2D eigenvalue weighted by Gasteiger charge is -2.11. The molecule has 1 aromatic rings. The number of aliphatic hydroxyl groups excluding tert-OH is 1. The molecule has 0 aromatic heterocycles. The molecule has 0 amide bonds. The first-order valence-corrected chi connectivity index (χ1v) is 4.54. The Morgan fingerprint density at radius 2 is 2.21 bits per heavy atom. The zero-order chi connectivity index (χ0) is 10.7. The first-order chi connectivity index (χ1) is 6.50. The lowest BCUT2D eigenvalue weighted by Crippen LogP contribution is -2.06. The van der Waals surface area contributed by atoms with Crippen LogP contribution in [0, 0.1) is 6.92 Å². The second-order valence-electron chi connectivity index (χ2n) is 3.11. The van der Waals surface area contributed by atoms with Crippen molar-refractivity contribution in [3.8, 4) is 0 Å². The molecule has 0 fully saturated rings. The molecule has 3 nitrogen and oxygen atoms in total. The van der Waals surface area contributed by atoms with E-state index in [-0.39, 0.29) is 6.42 Å². The summed E-state index contributed by atoms with van der Waals surface area (Å²) in [4.78, 5) is 10.4. The zero-order valence-corrected chi connectivity index (χ0v) is 8.45. The molecule has 14 heavy (non-hydrogen) atoms. The van der Waals surface area contributed by atoms with Crippen LogP contribution in [0.3, 0.4) is 0 Å². The lowest BCUT2D eigenvalue weighted by molar-refractivity contribution is -0.139. The summed E-state index contributed by atoms with van der Waals surface area (Å²) in [5, 5.41) is 18.6. The van der Waals surface area contributed by atoms with Crippen LogP contribution < -0.4 is 0 Å². The quantitative estimate of drug-likeness (QED) is 0.811. The molecule has 0 radical (unpaired) electrons. The number of hydrogen-bond donors (Lipinski definition) is 2. The second-order valence-corrected chi connectivity index (χ2v) is 3.55. The van der Waals surface area contributed by atoms with Gasteiger partial charge < -0.3 is 10.2 Å². The fourth-order valence-electron chi connectivity index (χ4n) is 1.29. The maximum Gasteiger partial charge on any atom is 0.306 e. The Balaban J connectivity index is 2.90. The van der Waals surface area contributed by atoms with E-state index < -0.39 is 12.1 Å². The zero-order valence-electron chi connectivity index (χ0n) is 7.70. The minimum Gasteiger partial charge on any atom is -0.481 e. The molecule has 76 valence electrons. The van der Waals surface area contributed by atoms with Gasteiger partial charge in [0.2, 0.25) is 0 Å². The molecule has 2 N–H and O–H groups in total. The number of aryl methyl sites for hydroxylation is 1. The van der Waals surface area contributed by atoms with E-state index in [0.29, 0.717) is 10.6 Å². The highest BCUT2D eigenvalue weighted by atomic mass is 35.5. The van der Waals surface area contributed by atoms with Crippen molar-refractivity contribution in [1.82, 2.24) is 0 Å². The van der Waals surface area contributed by atoms with Crippen LogP contribution in [0.2, 0.25) is 5.02 Å². The standard InChI is InChI=1S/C10H11ClO3/c1-6-4-7(11)2-3-8(6)9(12)5-10(13)14/h2-4,9,12H,5H2,1H3,(H,13,14). The van der Waals surface area contributed by atoms with Crippen molar-refractivity contribution in [3.05, 3.63) is 34.3 Å². The topological polar surface area (TPSA) is 57.5 Å². The van der Waals surface area contributed by atoms with Gasteiger partial charge in [-0.05, 0) is 30.2 Å². The summed E-state index contributed by atoms with van der Waals surface area (Å²) in [5.41, 5.74) is 1.41. The van der Waals surface area contributed by atoms with E-state index in [1.807, 2.05) is 0 Å². The number of halogens is 1. The molecule has 0 spiro atoms. The van der Waals surface area contributed by atoms with E-state index in [2.05, 4.69) is 0 Å². The van der Waals surface area contributed by atoms with Gasteiger partial charge in [0.1, 0.15) is 0 Å². The summed E-state index contributed by atoms with van der Waals surface area (Å²) in [6.07, 6.45) is -1.26. The maximum absolute atomic E-state index is 10.4. The molecular formula is C10H11ClO3. The molecule has 1 unspecified atom stereocenters. The van der Waals surface area contributed by atoms with Crippen molar-refractivity contribution in [3.63, 3.8) is 0 Å². The van der Waals surface area contributed by atoms with Crippen LogP contribution in [-0.4, -0.2) is 16.2 Å². The van der Waals surface area contributed by atoms with Crippen molar-refractivity contribution >= 4 is 17.6 Å². The van der Waals surface area contributed by atoms with Gasteiger partial charge in [-0.25, -0.2) is 0 Å². The average Bonchev–Trinajstić information content (AvgIpc) is 2.01. The normalized spacial score (nSPS) is 12.5. The highest BCUT2D eigenvalue weighted by Gasteiger charge is 2.13. The predicted molar refractivity (Wildman–Crippen MR) is 53.4 cm³/mol. The maximum atomic E-state index is 10.4. The molecule has 0 aliphatic carbocycles. The summed E-state index contributed by atoms with van der Waals surface area (Å²) >= 11 is 5.73. The summed E-state index contributed by atoms with van der Waals surface area (Å²) in [6, 6.07) is 4.97. The van der Waals surface area contributed by atoms with Gasteiger partial charge in [0, 0.05) is 5.02 Å². The Bertz CT molecular complexity index is 349. The third-order valence-corrected chi connectivity index (χ3v) is 2.19. The lowest BCUT2D eigenvalue weighted by atomic mass is 10.0. The van der Waals surface area contributed by atoms with Crippen LogP contribution >= 0.6 is 11.6 Å². The van der Waals surface area contributed by atoms with Crippen LogP contribution in [0.5, 0.6) is 0 Å². The number of carboxylic acids is 1. The largest absolute Gasteiger partial charge is 0.481 e. The molecule has 4 heteroatoms. The van der Waals surface area contributed by atoms with Gasteiger partial charge >= 0.3 is 5.97 Å². The molecule has 0 heterocycles. The van der Waals surface area contributed by atoms with Crippen molar-refractivity contribution < 1.29 is 15.0 Å². The molecule has 0 bridgehead atoms. The van der Waals surface area contributed by atoms with Crippen LogP contribution in [0.15, 0.2) is 18.2 Å². The third kappa shape index (κ3) is 2.72. The molecule has 1 aromatic carbocycles. The van der Waals surface area contributed by atoms with Crippen LogP contribution in [-0.2, 0) is 4.79 Å². The Labute approximate surface area is 86.9 Å². The van der Waals surface area contributed by atoms with Gasteiger partial charge in [0.15, 0.2) is 0 Å². The molecule has 0 aliphatic rings. The van der Waals surface area contributed by atoms with Crippen LogP contribution in [0.1, 0.15) is 23.7 Å². The number of benzene rings is 1. The Kier molecular flexibility index (Phi) is 3.49. The minimum atomic E-state index is -1.02. The van der Waals surface area contributed by atoms with Gasteiger partial charge in [-0.15, -0.1) is 0 Å². The summed E-state index contributed by atoms with van der Waals surface area (Å²) in [6.45, 7) is 1.78. The number of rotatable bonds is 3. The van der Waals surface area contributed by atoms with E-state index in [1.165, 1.54) is 0 Å². The second kappa shape index (κ2) is 4.44. The van der Waals surface area contributed by atoms with E-state index >= 15 is 0 Å². The Hall–Kier alpha value is -1.06. The molecule has 0 aliphatic heterocycles. The SMILES string of the molecule is Cc1cc(Cl)ccc1C(O)CC(=O)O. The van der Waals surface area contributed by atoms with E-state index in [0.717, 1.165) is 5.56 Å². The number of hydrogen-bond acceptors (Lipinski definition) is 2. The van der Waals surface area contributed by atoms with Gasteiger partial charge in [-0.1, -0.05) is 17.7 Å². The van der Waals surface area contributed by atoms with Crippen molar-refractivity contribution in [2.45, 2.75) is 19.4 Å². The monoisotopic (exact) mass is 214 g/mol. The smallest absolute Gasteiger partial charge is 0.306 e. The van der Waals surface area contributed by atoms with E-state index in [1.54, 1.807) is 25.1 Å². The minimum absolute atomic E-state index is 0.289. The van der Waals surface area contributed by atoms with Crippen molar-refractivity contribution in [1.29, 1.82) is 0 Å². The summed E-state index contributed by atoms with van der Waals surface area (Å²) in [5.74, 6) is -1.02. The van der Waals surface area contributed by atoms with Gasteiger partial charge in [-0.2, -0.15) is 0 Å². The molecule has 1 atom stereocenters. The predicted octanol–water partition coefficient (Wildman–Crippen LogP) is 2.16. The number of aliphatic carboxylic acids is 1. The highest BCUT2D eigenvalue weighted by Crippen LogP contribution is 2.23. The molecule has 1 rings (SSSR count). The number of carboxylic acid groups (broad SMARTS) is 1. The Morgan fingerprint density at radius 1 is 1.57 bits per heavy atom. The molecule has 0 saturated carbocycles. The highest BCUT2D eigenvalue weighted by molar-refractivity contribution is 6.30. The number of aliphatic hydroxyl groups is 1. The first-order valence-electron chi connectivity index (χ1n) is 4.16. The third-order valence-electron chi connectivity index (χ3n) is 1.96. The number of carbonyl (C=O) groups is 1. The van der Waals surface area contributed by atoms with Gasteiger partial charge in [0.05, 0.1) is 12.5 Å². The van der Waals surface area contributed by atoms with Crippen molar-refractivity contribution in [2.24, 2.45) is 0 Å². The van der Waals surface area contributed by atoms with Crippen LogP contribution in [0.4, 0.5) is 0 Å². The van der Waals surface area contributed by atoms with Crippen molar-refractivity contribution in [2.75, 3.05) is 0 Å². The van der Waals surface area contributed by atoms with Gasteiger partial charge in [0.25, 0.3) is 0 Å². The fraction of sp³-hybridized carbons (Fsp3) is 0.300. The summed E-state index contributed by atoms with van der Waals surface area (Å²) < 4.78 is 0. The van der Waals surface area contributed by atoms with E-state index in [9.17, 15) is 9.90 Å². The first kappa shape index (κ1) is 11.0. The van der Waals surface area contributed by atoms with E-state index in [4.69, 9.17) is 16.7 Å². The average molecular weight is 215 g/mol. The van der Waals surface area contributed by atoms with Crippen LogP contribution in [0.25, 0.3) is 0 Å². The molecule has 0 saturated heterocycles. The van der Waals surface area contributed by atoms with Gasteiger partial charge in [-0.3, -0.25) is 4.79 Å². The molecular weight excluding hydrogens is 204 g/mol.